The fourth-order valence-electron chi connectivity index (χ4n) is 2.89. The number of carbonyl (C=O) groups is 1. The highest BCUT2D eigenvalue weighted by Crippen LogP contribution is 2.34. The SMILES string of the molecule is O=C(O)c1c(C2CCCCC2)nc2ccccn12. The van der Waals surface area contributed by atoms with Gasteiger partial charge in [0.15, 0.2) is 5.69 Å². The molecule has 0 spiro atoms. The molecule has 0 aliphatic heterocycles. The van der Waals surface area contributed by atoms with Crippen molar-refractivity contribution in [3.63, 3.8) is 0 Å². The van der Waals surface area contributed by atoms with E-state index >= 15 is 0 Å². The van der Waals surface area contributed by atoms with Crippen molar-refractivity contribution in [2.75, 3.05) is 0 Å². The lowest BCUT2D eigenvalue weighted by Crippen LogP contribution is -2.11. The molecule has 0 atom stereocenters. The number of fused-ring (bicyclic) bond motifs is 1. The number of nitrogens with zero attached hydrogens (tertiary/aromatic N) is 2. The maximum Gasteiger partial charge on any atom is 0.354 e. The summed E-state index contributed by atoms with van der Waals surface area (Å²) in [5.74, 6) is -0.570. The van der Waals surface area contributed by atoms with Gasteiger partial charge in [-0.05, 0) is 25.0 Å². The third-order valence-corrected chi connectivity index (χ3v) is 3.75. The number of rotatable bonds is 2. The van der Waals surface area contributed by atoms with Gasteiger partial charge in [0, 0.05) is 12.1 Å². The van der Waals surface area contributed by atoms with E-state index in [1.807, 2.05) is 18.2 Å². The molecule has 1 aliphatic carbocycles. The highest BCUT2D eigenvalue weighted by atomic mass is 16.4. The van der Waals surface area contributed by atoms with Gasteiger partial charge in [-0.15, -0.1) is 0 Å². The molecule has 94 valence electrons. The first-order chi connectivity index (χ1) is 8.77. The Morgan fingerprint density at radius 3 is 2.78 bits per heavy atom. The van der Waals surface area contributed by atoms with Gasteiger partial charge in [0.1, 0.15) is 5.65 Å². The van der Waals surface area contributed by atoms with Gasteiger partial charge in [-0.2, -0.15) is 0 Å². The van der Waals surface area contributed by atoms with E-state index in [1.165, 1.54) is 19.3 Å². The van der Waals surface area contributed by atoms with E-state index in [0.717, 1.165) is 24.2 Å². The van der Waals surface area contributed by atoms with Crippen LogP contribution in [0.2, 0.25) is 0 Å². The molecule has 2 aromatic heterocycles. The third kappa shape index (κ3) is 1.78. The predicted octanol–water partition coefficient (Wildman–Crippen LogP) is 3.08. The summed E-state index contributed by atoms with van der Waals surface area (Å²) >= 11 is 0. The molecule has 0 bridgehead atoms. The van der Waals surface area contributed by atoms with Crippen LogP contribution in [-0.2, 0) is 0 Å². The summed E-state index contributed by atoms with van der Waals surface area (Å²) < 4.78 is 1.69. The van der Waals surface area contributed by atoms with Gasteiger partial charge < -0.3 is 5.11 Å². The standard InChI is InChI=1S/C14H16N2O2/c17-14(18)13-12(10-6-2-1-3-7-10)15-11-8-4-5-9-16(11)13/h4-5,8-10H,1-3,6-7H2,(H,17,18). The van der Waals surface area contributed by atoms with Gasteiger partial charge in [-0.1, -0.05) is 25.3 Å². The Balaban J connectivity index is 2.14. The van der Waals surface area contributed by atoms with Crippen molar-refractivity contribution in [3.8, 4) is 0 Å². The van der Waals surface area contributed by atoms with E-state index in [0.29, 0.717) is 11.6 Å². The van der Waals surface area contributed by atoms with Gasteiger partial charge in [0.05, 0.1) is 5.69 Å². The second kappa shape index (κ2) is 4.44. The van der Waals surface area contributed by atoms with Crippen molar-refractivity contribution in [1.82, 2.24) is 9.38 Å². The summed E-state index contributed by atoms with van der Waals surface area (Å²) in [6.45, 7) is 0. The number of aromatic carboxylic acids is 1. The van der Waals surface area contributed by atoms with Crippen LogP contribution in [0.4, 0.5) is 0 Å². The molecule has 1 N–H and O–H groups in total. The van der Waals surface area contributed by atoms with Crippen molar-refractivity contribution < 1.29 is 9.90 Å². The van der Waals surface area contributed by atoms with Crippen molar-refractivity contribution in [2.45, 2.75) is 38.0 Å². The molecule has 2 heterocycles. The molecule has 18 heavy (non-hydrogen) atoms. The Morgan fingerprint density at radius 1 is 1.28 bits per heavy atom. The number of hydrogen-bond acceptors (Lipinski definition) is 2. The van der Waals surface area contributed by atoms with Crippen LogP contribution >= 0.6 is 0 Å². The summed E-state index contributed by atoms with van der Waals surface area (Å²) in [4.78, 5) is 16.0. The van der Waals surface area contributed by atoms with Crippen LogP contribution in [0.5, 0.6) is 0 Å². The molecule has 2 aromatic rings. The summed E-state index contributed by atoms with van der Waals surface area (Å²) in [6, 6.07) is 5.59. The summed E-state index contributed by atoms with van der Waals surface area (Å²) in [5.41, 5.74) is 1.85. The van der Waals surface area contributed by atoms with Crippen molar-refractivity contribution in [2.24, 2.45) is 0 Å². The largest absolute Gasteiger partial charge is 0.477 e. The first-order valence-corrected chi connectivity index (χ1v) is 6.47. The zero-order valence-corrected chi connectivity index (χ0v) is 10.2. The molecule has 0 amide bonds. The molecule has 0 saturated heterocycles. The van der Waals surface area contributed by atoms with E-state index in [-0.39, 0.29) is 0 Å². The number of imidazole rings is 1. The Morgan fingerprint density at radius 2 is 2.06 bits per heavy atom. The van der Waals surface area contributed by atoms with E-state index < -0.39 is 5.97 Å². The Kier molecular flexibility index (Phi) is 2.78. The van der Waals surface area contributed by atoms with Crippen LogP contribution in [0.3, 0.4) is 0 Å². The minimum absolute atomic E-state index is 0.310. The summed E-state index contributed by atoms with van der Waals surface area (Å²) in [5, 5.41) is 9.42. The molecule has 1 saturated carbocycles. The minimum Gasteiger partial charge on any atom is -0.477 e. The van der Waals surface area contributed by atoms with E-state index in [4.69, 9.17) is 0 Å². The van der Waals surface area contributed by atoms with E-state index in [9.17, 15) is 9.90 Å². The minimum atomic E-state index is -0.880. The lowest BCUT2D eigenvalue weighted by atomic mass is 9.86. The zero-order chi connectivity index (χ0) is 12.5. The van der Waals surface area contributed by atoms with Gasteiger partial charge in [0.25, 0.3) is 0 Å². The molecule has 3 rings (SSSR count). The fourth-order valence-corrected chi connectivity index (χ4v) is 2.89. The van der Waals surface area contributed by atoms with Gasteiger partial charge in [-0.25, -0.2) is 9.78 Å². The molecule has 1 fully saturated rings. The molecule has 1 aliphatic rings. The Labute approximate surface area is 105 Å². The fraction of sp³-hybridized carbons (Fsp3) is 0.429. The molecule has 4 nitrogen and oxygen atoms in total. The average molecular weight is 244 g/mol. The van der Waals surface area contributed by atoms with Crippen LogP contribution in [0.1, 0.15) is 54.2 Å². The van der Waals surface area contributed by atoms with Gasteiger partial charge in [0.2, 0.25) is 0 Å². The van der Waals surface area contributed by atoms with E-state index in [2.05, 4.69) is 4.98 Å². The Hall–Kier alpha value is -1.84. The zero-order valence-electron chi connectivity index (χ0n) is 10.2. The Bertz CT molecular complexity index is 582. The van der Waals surface area contributed by atoms with Crippen LogP contribution in [0, 0.1) is 0 Å². The summed E-state index contributed by atoms with van der Waals surface area (Å²) in [7, 11) is 0. The quantitative estimate of drug-likeness (QED) is 0.883. The normalized spacial score (nSPS) is 17.1. The number of carboxylic acid groups (broad SMARTS) is 1. The smallest absolute Gasteiger partial charge is 0.354 e. The summed E-state index contributed by atoms with van der Waals surface area (Å²) in [6.07, 6.45) is 7.51. The molecule has 0 unspecified atom stereocenters. The lowest BCUT2D eigenvalue weighted by molar-refractivity contribution is 0.0687. The highest BCUT2D eigenvalue weighted by Gasteiger charge is 2.26. The van der Waals surface area contributed by atoms with Crippen molar-refractivity contribution >= 4 is 11.6 Å². The molecular formula is C14H16N2O2. The van der Waals surface area contributed by atoms with Crippen LogP contribution in [0.15, 0.2) is 24.4 Å². The number of aromatic nitrogens is 2. The maximum atomic E-state index is 11.5. The molecule has 0 aromatic carbocycles. The van der Waals surface area contributed by atoms with E-state index in [1.54, 1.807) is 10.6 Å². The second-order valence-electron chi connectivity index (χ2n) is 4.91. The first kappa shape index (κ1) is 11.3. The topological polar surface area (TPSA) is 54.6 Å². The van der Waals surface area contributed by atoms with Gasteiger partial charge in [-0.3, -0.25) is 4.40 Å². The first-order valence-electron chi connectivity index (χ1n) is 6.47. The predicted molar refractivity (Wildman–Crippen MR) is 68.0 cm³/mol. The molecule has 0 radical (unpaired) electrons. The van der Waals surface area contributed by atoms with Crippen LogP contribution in [-0.4, -0.2) is 20.5 Å². The van der Waals surface area contributed by atoms with Crippen LogP contribution in [0.25, 0.3) is 5.65 Å². The van der Waals surface area contributed by atoms with Crippen molar-refractivity contribution in [1.29, 1.82) is 0 Å². The number of hydrogen-bond donors (Lipinski definition) is 1. The highest BCUT2D eigenvalue weighted by molar-refractivity contribution is 5.88. The number of carboxylic acids is 1. The molecule has 4 heteroatoms. The number of pyridine rings is 1. The lowest BCUT2D eigenvalue weighted by Gasteiger charge is -2.20. The monoisotopic (exact) mass is 244 g/mol. The second-order valence-corrected chi connectivity index (χ2v) is 4.91. The maximum absolute atomic E-state index is 11.5. The third-order valence-electron chi connectivity index (χ3n) is 3.75. The molecular weight excluding hydrogens is 228 g/mol. The van der Waals surface area contributed by atoms with Gasteiger partial charge >= 0.3 is 5.97 Å². The van der Waals surface area contributed by atoms with Crippen LogP contribution < -0.4 is 0 Å². The van der Waals surface area contributed by atoms with Crippen molar-refractivity contribution in [3.05, 3.63) is 35.8 Å². The average Bonchev–Trinajstić information content (AvgIpc) is 2.79.